The first kappa shape index (κ1) is 24.6. The van der Waals surface area contributed by atoms with Gasteiger partial charge in [0.05, 0.1) is 21.2 Å². The lowest BCUT2D eigenvalue weighted by Gasteiger charge is -2.26. The number of nitro groups is 1. The number of piperidine rings is 1. The SMILES string of the molecule is O=C(COC(=O)c1ccc(F)c(S(=O)(=O)N2CCCCC2)c1)Nc1cc([N+](=O)[O-])ccc1Cl. The number of non-ortho nitro benzene ring substituents is 1. The molecule has 0 atom stereocenters. The van der Waals surface area contributed by atoms with Gasteiger partial charge in [-0.05, 0) is 37.1 Å². The first-order valence-electron chi connectivity index (χ1n) is 9.80. The largest absolute Gasteiger partial charge is 0.452 e. The Bertz CT molecular complexity index is 1200. The van der Waals surface area contributed by atoms with Crippen LogP contribution in [0.1, 0.15) is 29.6 Å². The zero-order valence-electron chi connectivity index (χ0n) is 17.1. The van der Waals surface area contributed by atoms with Gasteiger partial charge in [0.2, 0.25) is 10.0 Å². The van der Waals surface area contributed by atoms with E-state index in [0.29, 0.717) is 12.8 Å². The molecule has 3 rings (SSSR count). The molecule has 33 heavy (non-hydrogen) atoms. The standard InChI is InChI=1S/C20H19ClFN3O7S/c21-15-6-5-14(25(28)29)11-17(15)23-19(26)12-32-20(27)13-4-7-16(22)18(10-13)33(30,31)24-8-2-1-3-9-24/h4-7,10-11H,1-3,8-9,12H2,(H,23,26). The summed E-state index contributed by atoms with van der Waals surface area (Å²) in [5.74, 6) is -2.89. The highest BCUT2D eigenvalue weighted by Gasteiger charge is 2.29. The maximum atomic E-state index is 14.3. The van der Waals surface area contributed by atoms with Crippen molar-refractivity contribution in [2.75, 3.05) is 25.0 Å². The second kappa shape index (κ2) is 10.2. The van der Waals surface area contributed by atoms with Gasteiger partial charge in [0.15, 0.2) is 6.61 Å². The van der Waals surface area contributed by atoms with E-state index < -0.39 is 44.1 Å². The maximum Gasteiger partial charge on any atom is 0.338 e. The van der Waals surface area contributed by atoms with E-state index in [1.54, 1.807) is 0 Å². The molecule has 1 aliphatic rings. The number of sulfonamides is 1. The molecule has 1 aliphatic heterocycles. The predicted molar refractivity (Wildman–Crippen MR) is 116 cm³/mol. The molecular formula is C20H19ClFN3O7S. The lowest BCUT2D eigenvalue weighted by molar-refractivity contribution is -0.384. The molecule has 2 aromatic rings. The van der Waals surface area contributed by atoms with E-state index >= 15 is 0 Å². The molecule has 0 aliphatic carbocycles. The number of halogens is 2. The number of anilines is 1. The van der Waals surface area contributed by atoms with Crippen LogP contribution in [0.2, 0.25) is 5.02 Å². The fourth-order valence-corrected chi connectivity index (χ4v) is 4.97. The van der Waals surface area contributed by atoms with Gasteiger partial charge in [-0.2, -0.15) is 4.31 Å². The quantitative estimate of drug-likeness (QED) is 0.350. The summed E-state index contributed by atoms with van der Waals surface area (Å²) in [6.07, 6.45) is 2.20. The van der Waals surface area contributed by atoms with E-state index in [2.05, 4.69) is 5.32 Å². The Hall–Kier alpha value is -3.09. The van der Waals surface area contributed by atoms with Gasteiger partial charge in [0.1, 0.15) is 10.7 Å². The van der Waals surface area contributed by atoms with Crippen LogP contribution in [0.15, 0.2) is 41.3 Å². The first-order chi connectivity index (χ1) is 15.6. The zero-order chi connectivity index (χ0) is 24.2. The van der Waals surface area contributed by atoms with E-state index in [0.717, 1.165) is 36.8 Å². The monoisotopic (exact) mass is 499 g/mol. The van der Waals surface area contributed by atoms with E-state index in [1.165, 1.54) is 10.4 Å². The van der Waals surface area contributed by atoms with Gasteiger partial charge in [-0.15, -0.1) is 0 Å². The van der Waals surface area contributed by atoms with Crippen molar-refractivity contribution in [3.8, 4) is 0 Å². The Kier molecular flexibility index (Phi) is 7.61. The van der Waals surface area contributed by atoms with Gasteiger partial charge in [0, 0.05) is 25.2 Å². The van der Waals surface area contributed by atoms with Crippen molar-refractivity contribution in [1.82, 2.24) is 4.31 Å². The van der Waals surface area contributed by atoms with Crippen molar-refractivity contribution < 1.29 is 32.1 Å². The van der Waals surface area contributed by atoms with Crippen molar-refractivity contribution in [1.29, 1.82) is 0 Å². The molecule has 0 unspecified atom stereocenters. The van der Waals surface area contributed by atoms with Crippen molar-refractivity contribution in [2.24, 2.45) is 0 Å². The minimum atomic E-state index is -4.14. The lowest BCUT2D eigenvalue weighted by Crippen LogP contribution is -2.36. The fourth-order valence-electron chi connectivity index (χ4n) is 3.20. The Labute approximate surface area is 193 Å². The van der Waals surface area contributed by atoms with E-state index in [-0.39, 0.29) is 35.1 Å². The lowest BCUT2D eigenvalue weighted by atomic mass is 10.2. The van der Waals surface area contributed by atoms with Crippen molar-refractivity contribution >= 4 is 44.9 Å². The molecule has 1 amide bonds. The number of nitrogens with zero attached hydrogens (tertiary/aromatic N) is 2. The van der Waals surface area contributed by atoms with Crippen LogP contribution in [0.3, 0.4) is 0 Å². The molecule has 0 aromatic heterocycles. The van der Waals surface area contributed by atoms with Gasteiger partial charge in [-0.25, -0.2) is 17.6 Å². The summed E-state index contributed by atoms with van der Waals surface area (Å²) in [6.45, 7) is -0.267. The van der Waals surface area contributed by atoms with Crippen LogP contribution in [-0.4, -0.2) is 49.2 Å². The second-order valence-corrected chi connectivity index (χ2v) is 9.47. The number of hydrogen-bond donors (Lipinski definition) is 1. The summed E-state index contributed by atoms with van der Waals surface area (Å²) in [5.41, 5.74) is -0.614. The maximum absolute atomic E-state index is 14.3. The average Bonchev–Trinajstić information content (AvgIpc) is 2.79. The molecule has 2 aromatic carbocycles. The summed E-state index contributed by atoms with van der Waals surface area (Å²) in [4.78, 5) is 34.0. The normalized spacial score (nSPS) is 14.5. The smallest absolute Gasteiger partial charge is 0.338 e. The molecule has 0 spiro atoms. The molecule has 176 valence electrons. The minimum Gasteiger partial charge on any atom is -0.452 e. The molecule has 1 saturated heterocycles. The summed E-state index contributed by atoms with van der Waals surface area (Å²) in [7, 11) is -4.14. The molecule has 1 fully saturated rings. The number of ether oxygens (including phenoxy) is 1. The second-order valence-electron chi connectivity index (χ2n) is 7.16. The van der Waals surface area contributed by atoms with Crippen molar-refractivity contribution in [3.63, 3.8) is 0 Å². The van der Waals surface area contributed by atoms with Crippen LogP contribution in [0.4, 0.5) is 15.8 Å². The Morgan fingerprint density at radius 1 is 1.15 bits per heavy atom. The van der Waals surface area contributed by atoms with Crippen LogP contribution in [0.25, 0.3) is 0 Å². The van der Waals surface area contributed by atoms with E-state index in [1.807, 2.05) is 0 Å². The van der Waals surface area contributed by atoms with Crippen LogP contribution >= 0.6 is 11.6 Å². The van der Waals surface area contributed by atoms with E-state index in [4.69, 9.17) is 16.3 Å². The van der Waals surface area contributed by atoms with Gasteiger partial charge in [-0.1, -0.05) is 18.0 Å². The number of carbonyl (C=O) groups excluding carboxylic acids is 2. The molecule has 0 bridgehead atoms. The highest BCUT2D eigenvalue weighted by Crippen LogP contribution is 2.27. The number of nitro benzene ring substituents is 1. The van der Waals surface area contributed by atoms with Crippen LogP contribution < -0.4 is 5.32 Å². The number of amides is 1. The summed E-state index contributed by atoms with van der Waals surface area (Å²) in [6, 6.07) is 6.18. The predicted octanol–water partition coefficient (Wildman–Crippen LogP) is 3.36. The number of carbonyl (C=O) groups is 2. The number of benzene rings is 2. The van der Waals surface area contributed by atoms with Crippen LogP contribution in [0.5, 0.6) is 0 Å². The third kappa shape index (κ3) is 5.83. The molecule has 1 N–H and O–H groups in total. The molecule has 1 heterocycles. The van der Waals surface area contributed by atoms with Crippen LogP contribution in [-0.2, 0) is 19.6 Å². The fraction of sp³-hybridized carbons (Fsp3) is 0.300. The minimum absolute atomic E-state index is 0.0337. The average molecular weight is 500 g/mol. The number of nitrogens with one attached hydrogen (secondary N) is 1. The number of esters is 1. The Balaban J connectivity index is 1.68. The van der Waals surface area contributed by atoms with Gasteiger partial charge in [0.25, 0.3) is 11.6 Å². The molecule has 13 heteroatoms. The third-order valence-corrected chi connectivity index (χ3v) is 7.11. The van der Waals surface area contributed by atoms with Gasteiger partial charge in [-0.3, -0.25) is 14.9 Å². The highest BCUT2D eigenvalue weighted by atomic mass is 35.5. The molecular weight excluding hydrogens is 481 g/mol. The first-order valence-corrected chi connectivity index (χ1v) is 11.6. The summed E-state index contributed by atoms with van der Waals surface area (Å²) >= 11 is 5.90. The molecule has 10 nitrogen and oxygen atoms in total. The van der Waals surface area contributed by atoms with Crippen molar-refractivity contribution in [3.05, 3.63) is 62.9 Å². The highest BCUT2D eigenvalue weighted by molar-refractivity contribution is 7.89. The summed E-state index contributed by atoms with van der Waals surface area (Å²) < 4.78 is 45.9. The summed E-state index contributed by atoms with van der Waals surface area (Å²) in [5, 5.41) is 13.2. The van der Waals surface area contributed by atoms with Crippen molar-refractivity contribution in [2.45, 2.75) is 24.2 Å². The molecule has 0 radical (unpaired) electrons. The Morgan fingerprint density at radius 3 is 2.52 bits per heavy atom. The number of rotatable bonds is 7. The molecule has 0 saturated carbocycles. The van der Waals surface area contributed by atoms with E-state index in [9.17, 15) is 32.5 Å². The van der Waals surface area contributed by atoms with Gasteiger partial charge >= 0.3 is 5.97 Å². The number of hydrogen-bond acceptors (Lipinski definition) is 7. The third-order valence-electron chi connectivity index (χ3n) is 4.87. The zero-order valence-corrected chi connectivity index (χ0v) is 18.7. The van der Waals surface area contributed by atoms with Gasteiger partial charge < -0.3 is 10.1 Å². The van der Waals surface area contributed by atoms with Crippen LogP contribution in [0, 0.1) is 15.9 Å². The topological polar surface area (TPSA) is 136 Å². The Morgan fingerprint density at radius 2 is 1.85 bits per heavy atom.